The van der Waals surface area contributed by atoms with Crippen LogP contribution >= 0.6 is 24.0 Å². The standard InChI is InChI=1S/C21H40N4O2.HI/c1-3-22-20(24-18-21(13-17-27-2)11-6-7-12-21)23-14-9-16-25-15-8-4-5-10-19(25)26;/h3-18H2,1-2H3,(H2,22,23,24);1H. The normalized spacial score (nSPS) is 19.9. The zero-order valence-electron chi connectivity index (χ0n) is 17.9. The van der Waals surface area contributed by atoms with Crippen LogP contribution in [0.25, 0.3) is 0 Å². The third-order valence-corrected chi connectivity index (χ3v) is 5.99. The Morgan fingerprint density at radius 1 is 1.18 bits per heavy atom. The number of nitrogens with zero attached hydrogens (tertiary/aromatic N) is 2. The van der Waals surface area contributed by atoms with E-state index in [9.17, 15) is 4.79 Å². The summed E-state index contributed by atoms with van der Waals surface area (Å²) in [5.41, 5.74) is 0.316. The monoisotopic (exact) mass is 508 g/mol. The molecule has 0 spiro atoms. The summed E-state index contributed by atoms with van der Waals surface area (Å²) in [6.07, 6.45) is 11.3. The molecule has 1 saturated carbocycles. The van der Waals surface area contributed by atoms with E-state index in [4.69, 9.17) is 9.73 Å². The molecule has 0 bridgehead atoms. The molecule has 7 heteroatoms. The Morgan fingerprint density at radius 2 is 1.96 bits per heavy atom. The van der Waals surface area contributed by atoms with Crippen LogP contribution in [0.4, 0.5) is 0 Å². The van der Waals surface area contributed by atoms with Crippen LogP contribution in [-0.2, 0) is 9.53 Å². The number of methoxy groups -OCH3 is 1. The fourth-order valence-electron chi connectivity index (χ4n) is 4.27. The number of carbonyl (C=O) groups excluding carboxylic acids is 1. The van der Waals surface area contributed by atoms with Crippen molar-refractivity contribution in [3.05, 3.63) is 0 Å². The van der Waals surface area contributed by atoms with Crippen LogP contribution in [0.3, 0.4) is 0 Å². The van der Waals surface area contributed by atoms with Gasteiger partial charge in [0.15, 0.2) is 5.96 Å². The summed E-state index contributed by atoms with van der Waals surface area (Å²) in [5, 5.41) is 6.82. The lowest BCUT2D eigenvalue weighted by Gasteiger charge is -2.27. The number of guanidine groups is 1. The van der Waals surface area contributed by atoms with Crippen molar-refractivity contribution in [3.8, 4) is 0 Å². The maximum Gasteiger partial charge on any atom is 0.222 e. The Balaban J connectivity index is 0.00000392. The van der Waals surface area contributed by atoms with Crippen LogP contribution in [0, 0.1) is 5.41 Å². The Kier molecular flexibility index (Phi) is 13.1. The van der Waals surface area contributed by atoms with Crippen molar-refractivity contribution in [2.24, 2.45) is 10.4 Å². The van der Waals surface area contributed by atoms with Crippen LogP contribution in [0.2, 0.25) is 0 Å². The van der Waals surface area contributed by atoms with Gasteiger partial charge in [-0.1, -0.05) is 19.3 Å². The first-order chi connectivity index (χ1) is 13.2. The van der Waals surface area contributed by atoms with Gasteiger partial charge in [-0.25, -0.2) is 0 Å². The minimum atomic E-state index is 0. The van der Waals surface area contributed by atoms with E-state index in [0.29, 0.717) is 11.3 Å². The molecule has 164 valence electrons. The summed E-state index contributed by atoms with van der Waals surface area (Å²) in [7, 11) is 1.78. The molecule has 6 nitrogen and oxygen atoms in total. The van der Waals surface area contributed by atoms with Crippen molar-refractivity contribution in [1.82, 2.24) is 15.5 Å². The molecule has 2 rings (SSSR count). The predicted molar refractivity (Wildman–Crippen MR) is 126 cm³/mol. The second-order valence-corrected chi connectivity index (χ2v) is 8.12. The Labute approximate surface area is 188 Å². The average molecular weight is 508 g/mol. The van der Waals surface area contributed by atoms with Gasteiger partial charge in [-0.05, 0) is 50.9 Å². The fourth-order valence-corrected chi connectivity index (χ4v) is 4.27. The highest BCUT2D eigenvalue weighted by atomic mass is 127. The van der Waals surface area contributed by atoms with Gasteiger partial charge in [0.25, 0.3) is 0 Å². The van der Waals surface area contributed by atoms with Crippen molar-refractivity contribution in [3.63, 3.8) is 0 Å². The summed E-state index contributed by atoms with van der Waals surface area (Å²) in [6, 6.07) is 0. The molecule has 0 atom stereocenters. The van der Waals surface area contributed by atoms with Crippen molar-refractivity contribution in [2.45, 2.75) is 71.1 Å². The molecule has 1 aliphatic carbocycles. The topological polar surface area (TPSA) is 66.0 Å². The van der Waals surface area contributed by atoms with Crippen molar-refractivity contribution < 1.29 is 9.53 Å². The molecular weight excluding hydrogens is 467 g/mol. The van der Waals surface area contributed by atoms with Gasteiger partial charge >= 0.3 is 0 Å². The number of amides is 1. The highest BCUT2D eigenvalue weighted by molar-refractivity contribution is 14.0. The van der Waals surface area contributed by atoms with Gasteiger partial charge in [-0.2, -0.15) is 0 Å². The van der Waals surface area contributed by atoms with Gasteiger partial charge in [0.2, 0.25) is 5.91 Å². The number of carbonyl (C=O) groups is 1. The molecular formula is C21H41IN4O2. The molecule has 1 saturated heterocycles. The zero-order chi connectivity index (χ0) is 19.4. The van der Waals surface area contributed by atoms with Crippen LogP contribution in [0.5, 0.6) is 0 Å². The number of likely N-dealkylation sites (tertiary alicyclic amines) is 1. The predicted octanol–water partition coefficient (Wildman–Crippen LogP) is 3.55. The fraction of sp³-hybridized carbons (Fsp3) is 0.905. The van der Waals surface area contributed by atoms with Gasteiger partial charge in [-0.3, -0.25) is 9.79 Å². The quantitative estimate of drug-likeness (QED) is 0.205. The Hall–Kier alpha value is -0.570. The van der Waals surface area contributed by atoms with Crippen LogP contribution in [0.1, 0.15) is 71.1 Å². The first kappa shape index (κ1) is 25.5. The Morgan fingerprint density at radius 3 is 2.68 bits per heavy atom. The van der Waals surface area contributed by atoms with Gasteiger partial charge in [0, 0.05) is 52.9 Å². The summed E-state index contributed by atoms with van der Waals surface area (Å²) in [6.45, 7) is 7.28. The van der Waals surface area contributed by atoms with Crippen molar-refractivity contribution in [1.29, 1.82) is 0 Å². The molecule has 2 fully saturated rings. The van der Waals surface area contributed by atoms with E-state index in [-0.39, 0.29) is 24.0 Å². The van der Waals surface area contributed by atoms with Crippen molar-refractivity contribution >= 4 is 35.8 Å². The number of rotatable bonds is 10. The molecule has 0 aromatic carbocycles. The molecule has 0 aromatic rings. The largest absolute Gasteiger partial charge is 0.385 e. The van der Waals surface area contributed by atoms with Crippen LogP contribution in [0.15, 0.2) is 4.99 Å². The highest BCUT2D eigenvalue weighted by Gasteiger charge is 2.33. The van der Waals surface area contributed by atoms with E-state index in [1.54, 1.807) is 7.11 Å². The van der Waals surface area contributed by atoms with Crippen molar-refractivity contribution in [2.75, 3.05) is 46.4 Å². The molecule has 28 heavy (non-hydrogen) atoms. The average Bonchev–Trinajstić information content (AvgIpc) is 3.05. The second-order valence-electron chi connectivity index (χ2n) is 8.12. The third-order valence-electron chi connectivity index (χ3n) is 5.99. The van der Waals surface area contributed by atoms with Gasteiger partial charge < -0.3 is 20.3 Å². The highest BCUT2D eigenvalue weighted by Crippen LogP contribution is 2.41. The summed E-state index contributed by atoms with van der Waals surface area (Å²) in [5.74, 6) is 1.23. The molecule has 2 N–H and O–H groups in total. The summed E-state index contributed by atoms with van der Waals surface area (Å²) < 4.78 is 5.33. The first-order valence-corrected chi connectivity index (χ1v) is 11.0. The minimum absolute atomic E-state index is 0. The lowest BCUT2D eigenvalue weighted by molar-refractivity contribution is -0.130. The molecule has 1 aliphatic heterocycles. The van der Waals surface area contributed by atoms with E-state index < -0.39 is 0 Å². The molecule has 0 radical (unpaired) electrons. The molecule has 1 heterocycles. The first-order valence-electron chi connectivity index (χ1n) is 11.0. The smallest absolute Gasteiger partial charge is 0.222 e. The van der Waals surface area contributed by atoms with E-state index in [1.165, 1.54) is 32.1 Å². The maximum absolute atomic E-state index is 12.1. The zero-order valence-corrected chi connectivity index (χ0v) is 20.3. The number of hydrogen-bond donors (Lipinski definition) is 2. The lowest BCUT2D eigenvalue weighted by atomic mass is 9.83. The van der Waals surface area contributed by atoms with Crippen LogP contribution < -0.4 is 10.6 Å². The van der Waals surface area contributed by atoms with E-state index >= 15 is 0 Å². The molecule has 0 aromatic heterocycles. The number of aliphatic imine (C=N–C) groups is 1. The van der Waals surface area contributed by atoms with Gasteiger partial charge in [0.05, 0.1) is 0 Å². The van der Waals surface area contributed by atoms with E-state index in [2.05, 4.69) is 17.6 Å². The summed E-state index contributed by atoms with van der Waals surface area (Å²) in [4.78, 5) is 19.0. The number of nitrogens with one attached hydrogen (secondary N) is 2. The number of ether oxygens (including phenoxy) is 1. The molecule has 0 unspecified atom stereocenters. The molecule has 1 amide bonds. The van der Waals surface area contributed by atoms with E-state index in [0.717, 1.165) is 77.4 Å². The minimum Gasteiger partial charge on any atom is -0.385 e. The second kappa shape index (κ2) is 14.4. The van der Waals surface area contributed by atoms with Gasteiger partial charge in [0.1, 0.15) is 0 Å². The number of halogens is 1. The van der Waals surface area contributed by atoms with Gasteiger partial charge in [-0.15, -0.1) is 24.0 Å². The maximum atomic E-state index is 12.1. The lowest BCUT2D eigenvalue weighted by Crippen LogP contribution is -2.40. The SMILES string of the molecule is CCNC(=NCC1(CCOC)CCCC1)NCCCN1CCCCCC1=O.I. The number of hydrogen-bond acceptors (Lipinski definition) is 3. The Bertz CT molecular complexity index is 467. The van der Waals surface area contributed by atoms with Crippen LogP contribution in [-0.4, -0.2) is 63.2 Å². The third kappa shape index (κ3) is 8.84. The summed E-state index contributed by atoms with van der Waals surface area (Å²) >= 11 is 0. The molecule has 2 aliphatic rings. The van der Waals surface area contributed by atoms with E-state index in [1.807, 2.05) is 4.90 Å².